The van der Waals surface area contributed by atoms with E-state index in [2.05, 4.69) is 15.8 Å². The third-order valence-electron chi connectivity index (χ3n) is 5.64. The van der Waals surface area contributed by atoms with Crippen LogP contribution in [-0.4, -0.2) is 52.8 Å². The number of ether oxygens (including phenoxy) is 1. The maximum Gasteiger partial charge on any atom is 0.252 e. The van der Waals surface area contributed by atoms with E-state index in [4.69, 9.17) is 14.2 Å². The van der Waals surface area contributed by atoms with Gasteiger partial charge in [0.15, 0.2) is 0 Å². The molecule has 1 aromatic carbocycles. The van der Waals surface area contributed by atoms with Crippen LogP contribution in [-0.2, 0) is 4.74 Å². The summed E-state index contributed by atoms with van der Waals surface area (Å²) in [6, 6.07) is 13.5. The summed E-state index contributed by atoms with van der Waals surface area (Å²) in [4.78, 5) is 17.4. The lowest BCUT2D eigenvalue weighted by atomic mass is 10.0. The van der Waals surface area contributed by atoms with Crippen LogP contribution < -0.4 is 10.6 Å². The normalized spacial score (nSPS) is 16.3. The predicted molar refractivity (Wildman–Crippen MR) is 120 cm³/mol. The third kappa shape index (κ3) is 4.15. The summed E-state index contributed by atoms with van der Waals surface area (Å²) in [6.07, 6.45) is 4.63. The van der Waals surface area contributed by atoms with Crippen LogP contribution in [0.4, 0.5) is 0 Å². The molecule has 8 nitrogen and oxygen atoms in total. The smallest absolute Gasteiger partial charge is 0.252 e. The number of pyridine rings is 1. The Morgan fingerprint density at radius 2 is 2.09 bits per heavy atom. The molecule has 1 saturated heterocycles. The molecule has 1 aliphatic rings. The lowest BCUT2D eigenvalue weighted by molar-refractivity contribution is 0.0239. The molecular formula is C24H25N5O3. The molecule has 4 heterocycles. The van der Waals surface area contributed by atoms with Gasteiger partial charge in [0, 0.05) is 37.6 Å². The topological polar surface area (TPSA) is 93.7 Å². The Kier molecular flexibility index (Phi) is 5.70. The van der Waals surface area contributed by atoms with Crippen molar-refractivity contribution in [1.82, 2.24) is 25.2 Å². The Hall–Kier alpha value is -3.49. The van der Waals surface area contributed by atoms with E-state index in [9.17, 15) is 4.79 Å². The van der Waals surface area contributed by atoms with Gasteiger partial charge in [-0.2, -0.15) is 0 Å². The zero-order valence-corrected chi connectivity index (χ0v) is 17.9. The monoisotopic (exact) mass is 431 g/mol. The first-order valence-electron chi connectivity index (χ1n) is 10.8. The number of hydrogen-bond donors (Lipinski definition) is 2. The fraction of sp³-hybridized carbons (Fsp3) is 0.292. The molecule has 8 heteroatoms. The first-order valence-corrected chi connectivity index (χ1v) is 10.8. The van der Waals surface area contributed by atoms with Gasteiger partial charge in [-0.05, 0) is 25.5 Å². The van der Waals surface area contributed by atoms with Crippen LogP contribution >= 0.6 is 0 Å². The second-order valence-corrected chi connectivity index (χ2v) is 7.88. The summed E-state index contributed by atoms with van der Waals surface area (Å²) < 4.78 is 13.0. The van der Waals surface area contributed by atoms with Crippen molar-refractivity contribution in [3.8, 4) is 22.5 Å². The van der Waals surface area contributed by atoms with E-state index in [0.29, 0.717) is 17.9 Å². The molecule has 2 N–H and O–H groups in total. The average Bonchev–Trinajstić information content (AvgIpc) is 3.42. The Balaban J connectivity index is 1.35. The minimum atomic E-state index is -0.114. The molecule has 164 valence electrons. The number of aryl methyl sites for hydroxylation is 1. The first kappa shape index (κ1) is 20.4. The molecule has 0 spiro atoms. The van der Waals surface area contributed by atoms with Gasteiger partial charge in [-0.3, -0.25) is 4.79 Å². The molecule has 0 radical (unpaired) electrons. The maximum absolute atomic E-state index is 12.6. The number of benzene rings is 1. The summed E-state index contributed by atoms with van der Waals surface area (Å²) in [5.74, 6) is 0.585. The number of hydrogen-bond acceptors (Lipinski definition) is 6. The van der Waals surface area contributed by atoms with Crippen molar-refractivity contribution in [3.63, 3.8) is 0 Å². The summed E-state index contributed by atoms with van der Waals surface area (Å²) in [5, 5.41) is 10.5. The number of fused-ring (bicyclic) bond motifs is 1. The number of rotatable bonds is 6. The molecule has 1 amide bonds. The molecule has 4 aromatic rings. The van der Waals surface area contributed by atoms with Crippen molar-refractivity contribution in [1.29, 1.82) is 0 Å². The number of carbonyl (C=O) groups is 1. The zero-order chi connectivity index (χ0) is 21.9. The molecule has 3 aromatic heterocycles. The highest BCUT2D eigenvalue weighted by Crippen LogP contribution is 2.33. The number of nitrogens with zero attached hydrogens (tertiary/aromatic N) is 3. The van der Waals surface area contributed by atoms with Crippen LogP contribution in [0.15, 0.2) is 59.4 Å². The van der Waals surface area contributed by atoms with Gasteiger partial charge in [-0.15, -0.1) is 0 Å². The molecule has 5 rings (SSSR count). The highest BCUT2D eigenvalue weighted by molar-refractivity contribution is 5.94. The van der Waals surface area contributed by atoms with E-state index >= 15 is 0 Å². The Labute approximate surface area is 185 Å². The standard InChI is InChI=1S/C24H25N5O3/c1-16-22(23(28-32-16)17-5-3-2-4-6-17)20-15-29-14-18(7-8-21(29)27-20)24(30)26-10-9-19-13-25-11-12-31-19/h2-8,14-15,19,25H,9-13H2,1H3,(H,26,30). The van der Waals surface area contributed by atoms with E-state index in [0.717, 1.165) is 54.3 Å². The molecule has 32 heavy (non-hydrogen) atoms. The van der Waals surface area contributed by atoms with Crippen LogP contribution in [0, 0.1) is 6.92 Å². The molecule has 1 fully saturated rings. The molecule has 1 aliphatic heterocycles. The van der Waals surface area contributed by atoms with Gasteiger partial charge >= 0.3 is 0 Å². The van der Waals surface area contributed by atoms with Crippen molar-refractivity contribution < 1.29 is 14.1 Å². The summed E-state index contributed by atoms with van der Waals surface area (Å²) in [7, 11) is 0. The fourth-order valence-electron chi connectivity index (χ4n) is 3.97. The van der Waals surface area contributed by atoms with Gasteiger partial charge in [-0.1, -0.05) is 35.5 Å². The number of morpholine rings is 1. The minimum absolute atomic E-state index is 0.114. The second-order valence-electron chi connectivity index (χ2n) is 7.88. The van der Waals surface area contributed by atoms with Crippen molar-refractivity contribution in [3.05, 3.63) is 66.2 Å². The zero-order valence-electron chi connectivity index (χ0n) is 17.9. The van der Waals surface area contributed by atoms with Crippen molar-refractivity contribution >= 4 is 11.6 Å². The number of imidazole rings is 1. The van der Waals surface area contributed by atoms with E-state index in [-0.39, 0.29) is 12.0 Å². The molecule has 1 unspecified atom stereocenters. The van der Waals surface area contributed by atoms with E-state index < -0.39 is 0 Å². The molecule has 0 saturated carbocycles. The molecule has 0 aliphatic carbocycles. The number of amides is 1. The lowest BCUT2D eigenvalue weighted by Gasteiger charge is -2.23. The maximum atomic E-state index is 12.6. The largest absolute Gasteiger partial charge is 0.376 e. The molecule has 0 bridgehead atoms. The van der Waals surface area contributed by atoms with E-state index in [1.165, 1.54) is 0 Å². The van der Waals surface area contributed by atoms with E-state index in [1.807, 2.05) is 53.9 Å². The summed E-state index contributed by atoms with van der Waals surface area (Å²) >= 11 is 0. The van der Waals surface area contributed by atoms with Gasteiger partial charge in [-0.25, -0.2) is 4.98 Å². The van der Waals surface area contributed by atoms with Crippen LogP contribution in [0.3, 0.4) is 0 Å². The SMILES string of the molecule is Cc1onc(-c2ccccc2)c1-c1cn2cc(C(=O)NCCC3CNCCO3)ccc2n1. The van der Waals surface area contributed by atoms with Gasteiger partial charge in [0.25, 0.3) is 5.91 Å². The number of nitrogens with one attached hydrogen (secondary N) is 2. The third-order valence-corrected chi connectivity index (χ3v) is 5.64. The van der Waals surface area contributed by atoms with Crippen LogP contribution in [0.1, 0.15) is 22.5 Å². The van der Waals surface area contributed by atoms with Gasteiger partial charge in [0.2, 0.25) is 0 Å². The molecule has 1 atom stereocenters. The fourth-order valence-corrected chi connectivity index (χ4v) is 3.97. The van der Waals surface area contributed by atoms with Crippen LogP contribution in [0.25, 0.3) is 28.2 Å². The van der Waals surface area contributed by atoms with E-state index in [1.54, 1.807) is 12.3 Å². The Morgan fingerprint density at radius 1 is 1.22 bits per heavy atom. The first-order chi connectivity index (χ1) is 15.7. The molecular weight excluding hydrogens is 406 g/mol. The minimum Gasteiger partial charge on any atom is -0.376 e. The summed E-state index contributed by atoms with van der Waals surface area (Å²) in [5.41, 5.74) is 4.65. The number of carbonyl (C=O) groups excluding carboxylic acids is 1. The van der Waals surface area contributed by atoms with Crippen molar-refractivity contribution in [2.45, 2.75) is 19.4 Å². The van der Waals surface area contributed by atoms with Gasteiger partial charge < -0.3 is 24.3 Å². The van der Waals surface area contributed by atoms with Crippen molar-refractivity contribution in [2.24, 2.45) is 0 Å². The van der Waals surface area contributed by atoms with Gasteiger partial charge in [0.05, 0.1) is 29.5 Å². The predicted octanol–water partition coefficient (Wildman–Crippen LogP) is 3.07. The second kappa shape index (κ2) is 8.94. The summed E-state index contributed by atoms with van der Waals surface area (Å²) in [6.45, 7) is 4.88. The van der Waals surface area contributed by atoms with Crippen LogP contribution in [0.2, 0.25) is 0 Å². The van der Waals surface area contributed by atoms with Gasteiger partial charge in [0.1, 0.15) is 17.1 Å². The highest BCUT2D eigenvalue weighted by atomic mass is 16.5. The lowest BCUT2D eigenvalue weighted by Crippen LogP contribution is -2.40. The van der Waals surface area contributed by atoms with Crippen molar-refractivity contribution in [2.75, 3.05) is 26.2 Å². The Morgan fingerprint density at radius 3 is 2.91 bits per heavy atom. The quantitative estimate of drug-likeness (QED) is 0.487. The average molecular weight is 431 g/mol. The Bertz CT molecular complexity index is 1230. The van der Waals surface area contributed by atoms with Crippen LogP contribution in [0.5, 0.6) is 0 Å². The highest BCUT2D eigenvalue weighted by Gasteiger charge is 2.20. The number of aromatic nitrogens is 3.